The highest BCUT2D eigenvalue weighted by molar-refractivity contribution is 5.78. The van der Waals surface area contributed by atoms with Crippen LogP contribution in [0, 0.1) is 6.92 Å². The average molecular weight is 265 g/mol. The maximum absolute atomic E-state index is 11.8. The first-order valence-electron chi connectivity index (χ1n) is 6.35. The number of nitrogens with one attached hydrogen (secondary N) is 1. The van der Waals surface area contributed by atoms with Gasteiger partial charge in [0, 0.05) is 0 Å². The lowest BCUT2D eigenvalue weighted by Crippen LogP contribution is -2.58. The zero-order chi connectivity index (χ0) is 14.7. The number of para-hydroxylation sites is 1. The second-order valence-electron chi connectivity index (χ2n) is 5.79. The number of carbonyl (C=O) groups is 1. The summed E-state index contributed by atoms with van der Waals surface area (Å²) < 4.78 is 5.46. The van der Waals surface area contributed by atoms with Crippen LogP contribution in [0.2, 0.25) is 0 Å². The van der Waals surface area contributed by atoms with E-state index >= 15 is 0 Å². The van der Waals surface area contributed by atoms with Crippen molar-refractivity contribution in [3.63, 3.8) is 0 Å². The highest BCUT2D eigenvalue weighted by atomic mass is 16.5. The summed E-state index contributed by atoms with van der Waals surface area (Å²) >= 11 is 0. The largest absolute Gasteiger partial charge is 0.484 e. The molecule has 0 aliphatic rings. The Labute approximate surface area is 114 Å². The molecule has 4 nitrogen and oxygen atoms in total. The summed E-state index contributed by atoms with van der Waals surface area (Å²) in [4.78, 5) is 11.8. The molecule has 0 bridgehead atoms. The van der Waals surface area contributed by atoms with E-state index in [-0.39, 0.29) is 12.5 Å². The Kier molecular flexibility index (Phi) is 4.58. The Morgan fingerprint density at radius 3 is 2.37 bits per heavy atom. The molecule has 0 saturated carbocycles. The lowest BCUT2D eigenvalue weighted by Gasteiger charge is -2.37. The molecule has 0 saturated heterocycles. The van der Waals surface area contributed by atoms with Crippen molar-refractivity contribution in [1.82, 2.24) is 5.32 Å². The highest BCUT2D eigenvalue weighted by Gasteiger charge is 2.36. The Morgan fingerprint density at radius 1 is 1.26 bits per heavy atom. The molecular formula is C15H23NO3. The summed E-state index contributed by atoms with van der Waals surface area (Å²) in [5, 5.41) is 12.7. The van der Waals surface area contributed by atoms with Crippen LogP contribution in [-0.4, -0.2) is 28.8 Å². The van der Waals surface area contributed by atoms with E-state index in [0.29, 0.717) is 5.75 Å². The monoisotopic (exact) mass is 265 g/mol. The van der Waals surface area contributed by atoms with Crippen molar-refractivity contribution in [1.29, 1.82) is 0 Å². The summed E-state index contributed by atoms with van der Waals surface area (Å²) in [5.74, 6) is 0.439. The molecule has 0 radical (unpaired) electrons. The molecule has 0 heterocycles. The number of hydrogen-bond donors (Lipinski definition) is 2. The molecule has 4 heteroatoms. The Morgan fingerprint density at radius 2 is 1.84 bits per heavy atom. The van der Waals surface area contributed by atoms with Crippen LogP contribution in [0.1, 0.15) is 33.3 Å². The number of carbonyl (C=O) groups excluding carboxylic acids is 1. The minimum absolute atomic E-state index is 0.0651. The molecule has 1 aromatic carbocycles. The van der Waals surface area contributed by atoms with Crippen molar-refractivity contribution in [2.75, 3.05) is 6.61 Å². The predicted octanol–water partition coefficient (Wildman–Crippen LogP) is 2.04. The van der Waals surface area contributed by atoms with Crippen LogP contribution in [0.3, 0.4) is 0 Å². The van der Waals surface area contributed by atoms with Crippen LogP contribution in [0.4, 0.5) is 0 Å². The van der Waals surface area contributed by atoms with Gasteiger partial charge in [-0.05, 0) is 46.2 Å². The van der Waals surface area contributed by atoms with E-state index in [2.05, 4.69) is 5.32 Å². The second kappa shape index (κ2) is 5.61. The van der Waals surface area contributed by atoms with Crippen LogP contribution in [0.25, 0.3) is 0 Å². The molecule has 1 rings (SSSR count). The molecular weight excluding hydrogens is 242 g/mol. The summed E-state index contributed by atoms with van der Waals surface area (Å²) in [6, 6.07) is 7.53. The third-order valence-corrected chi connectivity index (χ3v) is 3.43. The summed E-state index contributed by atoms with van der Waals surface area (Å²) in [5.41, 5.74) is -0.748. The van der Waals surface area contributed by atoms with Gasteiger partial charge in [-0.15, -0.1) is 0 Å². The van der Waals surface area contributed by atoms with Gasteiger partial charge in [-0.25, -0.2) is 0 Å². The number of aliphatic hydroxyl groups is 1. The quantitative estimate of drug-likeness (QED) is 0.856. The Balaban J connectivity index is 2.56. The third-order valence-electron chi connectivity index (χ3n) is 3.43. The maximum atomic E-state index is 11.8. The molecule has 0 aliphatic heterocycles. The molecule has 106 valence electrons. The number of aryl methyl sites for hydroxylation is 1. The molecule has 19 heavy (non-hydrogen) atoms. The van der Waals surface area contributed by atoms with Gasteiger partial charge < -0.3 is 15.2 Å². The van der Waals surface area contributed by atoms with Crippen molar-refractivity contribution in [3.05, 3.63) is 29.8 Å². The van der Waals surface area contributed by atoms with Crippen LogP contribution in [0.15, 0.2) is 24.3 Å². The number of rotatable bonds is 5. The van der Waals surface area contributed by atoms with Crippen LogP contribution >= 0.6 is 0 Å². The number of benzene rings is 1. The molecule has 0 atom stereocenters. The minimum atomic E-state index is -1.01. The van der Waals surface area contributed by atoms with Crippen LogP contribution in [-0.2, 0) is 4.79 Å². The van der Waals surface area contributed by atoms with Gasteiger partial charge in [-0.3, -0.25) is 4.79 Å². The fourth-order valence-corrected chi connectivity index (χ4v) is 1.40. The van der Waals surface area contributed by atoms with E-state index in [4.69, 9.17) is 4.74 Å². The number of amides is 1. The van der Waals surface area contributed by atoms with Crippen molar-refractivity contribution >= 4 is 5.91 Å². The number of ether oxygens (including phenoxy) is 1. The molecule has 0 spiro atoms. The maximum Gasteiger partial charge on any atom is 0.258 e. The van der Waals surface area contributed by atoms with Crippen LogP contribution in [0.5, 0.6) is 5.75 Å². The summed E-state index contributed by atoms with van der Waals surface area (Å²) in [6.07, 6.45) is 0. The zero-order valence-corrected chi connectivity index (χ0v) is 12.3. The van der Waals surface area contributed by atoms with Crippen molar-refractivity contribution < 1.29 is 14.6 Å². The molecule has 0 aromatic heterocycles. The van der Waals surface area contributed by atoms with Gasteiger partial charge in [0.2, 0.25) is 0 Å². The van der Waals surface area contributed by atoms with Crippen molar-refractivity contribution in [2.45, 2.75) is 45.8 Å². The van der Waals surface area contributed by atoms with Crippen molar-refractivity contribution in [2.24, 2.45) is 0 Å². The molecule has 0 aliphatic carbocycles. The lowest BCUT2D eigenvalue weighted by atomic mass is 9.86. The standard InChI is InChI=1S/C15H23NO3/c1-11-8-6-7-9-12(11)19-10-13(17)16-14(2,3)15(4,5)18/h6-9,18H,10H2,1-5H3,(H,16,17). The first-order chi connectivity index (χ1) is 8.63. The Bertz CT molecular complexity index is 447. The van der Waals surface area contributed by atoms with Gasteiger partial charge in [0.15, 0.2) is 6.61 Å². The fraction of sp³-hybridized carbons (Fsp3) is 0.533. The van der Waals surface area contributed by atoms with Gasteiger partial charge in [0.05, 0.1) is 11.1 Å². The fourth-order valence-electron chi connectivity index (χ4n) is 1.40. The molecule has 1 aromatic rings. The van der Waals surface area contributed by atoms with Crippen LogP contribution < -0.4 is 10.1 Å². The minimum Gasteiger partial charge on any atom is -0.484 e. The van der Waals surface area contributed by atoms with Crippen molar-refractivity contribution in [3.8, 4) is 5.75 Å². The van der Waals surface area contributed by atoms with Gasteiger partial charge >= 0.3 is 0 Å². The summed E-state index contributed by atoms with van der Waals surface area (Å²) in [7, 11) is 0. The topological polar surface area (TPSA) is 58.6 Å². The first kappa shape index (κ1) is 15.5. The average Bonchev–Trinajstić information content (AvgIpc) is 2.26. The molecule has 1 amide bonds. The van der Waals surface area contributed by atoms with E-state index in [1.165, 1.54) is 0 Å². The van der Waals surface area contributed by atoms with E-state index in [9.17, 15) is 9.90 Å². The van der Waals surface area contributed by atoms with E-state index in [0.717, 1.165) is 5.56 Å². The smallest absolute Gasteiger partial charge is 0.258 e. The SMILES string of the molecule is Cc1ccccc1OCC(=O)NC(C)(C)C(C)(C)O. The lowest BCUT2D eigenvalue weighted by molar-refractivity contribution is -0.128. The molecule has 0 unspecified atom stereocenters. The Hall–Kier alpha value is -1.55. The second-order valence-corrected chi connectivity index (χ2v) is 5.79. The first-order valence-corrected chi connectivity index (χ1v) is 6.35. The van der Waals surface area contributed by atoms with Gasteiger partial charge in [-0.1, -0.05) is 18.2 Å². The zero-order valence-electron chi connectivity index (χ0n) is 12.3. The number of hydrogen-bond acceptors (Lipinski definition) is 3. The molecule has 2 N–H and O–H groups in total. The van der Waals surface area contributed by atoms with Gasteiger partial charge in [-0.2, -0.15) is 0 Å². The van der Waals surface area contributed by atoms with Gasteiger partial charge in [0.1, 0.15) is 5.75 Å². The summed E-state index contributed by atoms with van der Waals surface area (Å²) in [6.45, 7) is 8.74. The van der Waals surface area contributed by atoms with E-state index in [1.54, 1.807) is 27.7 Å². The van der Waals surface area contributed by atoms with Gasteiger partial charge in [0.25, 0.3) is 5.91 Å². The molecule has 0 fully saturated rings. The normalized spacial score (nSPS) is 12.1. The predicted molar refractivity (Wildman–Crippen MR) is 75.2 cm³/mol. The van der Waals surface area contributed by atoms with E-state index in [1.807, 2.05) is 31.2 Å². The third kappa shape index (κ3) is 4.24. The highest BCUT2D eigenvalue weighted by Crippen LogP contribution is 2.20. The van der Waals surface area contributed by atoms with E-state index < -0.39 is 11.1 Å².